The first-order chi connectivity index (χ1) is 27.8. The maximum atomic E-state index is 2.40. The first-order valence-corrected chi connectivity index (χ1v) is 19.2. The Morgan fingerprint density at radius 1 is 0.250 bits per heavy atom. The van der Waals surface area contributed by atoms with Crippen molar-refractivity contribution in [3.8, 4) is 50.2 Å². The van der Waals surface area contributed by atoms with Crippen LogP contribution in [0.3, 0.4) is 0 Å². The predicted octanol–water partition coefficient (Wildman–Crippen LogP) is 14.9. The molecule has 0 radical (unpaired) electrons. The Morgan fingerprint density at radius 3 is 1.05 bits per heavy atom. The summed E-state index contributed by atoms with van der Waals surface area (Å²) in [5.41, 5.74) is 16.5. The summed E-state index contributed by atoms with van der Waals surface area (Å²) in [4.78, 5) is 2.34. The van der Waals surface area contributed by atoms with E-state index in [0.29, 0.717) is 0 Å². The lowest BCUT2D eigenvalue weighted by atomic mass is 10.0. The third-order valence-corrected chi connectivity index (χ3v) is 10.8. The molecule has 9 aromatic carbocycles. The minimum absolute atomic E-state index is 1.10. The largest absolute Gasteiger partial charge is 0.311 e. The molecule has 0 aliphatic heterocycles. The molecular weight excluding hydrogens is 677 g/mol. The summed E-state index contributed by atoms with van der Waals surface area (Å²) in [6, 6.07) is 83.0. The van der Waals surface area contributed by atoms with Crippen LogP contribution < -0.4 is 4.90 Å². The summed E-state index contributed by atoms with van der Waals surface area (Å²) >= 11 is 0. The molecule has 1 heterocycles. The van der Waals surface area contributed by atoms with E-state index < -0.39 is 0 Å². The minimum Gasteiger partial charge on any atom is -0.311 e. The molecule has 0 saturated heterocycles. The lowest BCUT2D eigenvalue weighted by molar-refractivity contribution is 1.18. The third kappa shape index (κ3) is 6.24. The second-order valence-corrected chi connectivity index (χ2v) is 14.2. The standard InChI is InChI=1S/C54H38N2/c1-4-12-39(13-5-1)42-20-29-47(30-21-42)55(48-31-22-43(23-32-48)40-14-6-2-7-15-40)49-33-26-45(27-34-49)46-28-37-52-51-18-10-11-19-53(51)56(54(52)38-46)50-35-24-44(25-36-50)41-16-8-3-9-17-41/h1-38H. The summed E-state index contributed by atoms with van der Waals surface area (Å²) < 4.78 is 2.40. The van der Waals surface area contributed by atoms with E-state index in [9.17, 15) is 0 Å². The number of benzene rings is 9. The monoisotopic (exact) mass is 714 g/mol. The molecule has 2 heteroatoms. The van der Waals surface area contributed by atoms with Crippen molar-refractivity contribution < 1.29 is 0 Å². The number of anilines is 3. The molecule has 0 unspecified atom stereocenters. The SMILES string of the molecule is c1ccc(-c2ccc(N(c3ccc(-c4ccccc4)cc3)c3ccc(-c4ccc5c6ccccc6n(-c6ccc(-c7ccccc7)cc6)c5c4)cc3)cc2)cc1. The number of para-hydroxylation sites is 1. The highest BCUT2D eigenvalue weighted by Gasteiger charge is 2.16. The fourth-order valence-corrected chi connectivity index (χ4v) is 7.98. The van der Waals surface area contributed by atoms with Crippen molar-refractivity contribution >= 4 is 38.9 Å². The van der Waals surface area contributed by atoms with Crippen LogP contribution in [-0.2, 0) is 0 Å². The average Bonchev–Trinajstić information content (AvgIpc) is 3.62. The van der Waals surface area contributed by atoms with Crippen LogP contribution in [0.15, 0.2) is 231 Å². The van der Waals surface area contributed by atoms with Crippen LogP contribution in [0.2, 0.25) is 0 Å². The van der Waals surface area contributed by atoms with E-state index in [0.717, 1.165) is 22.7 Å². The van der Waals surface area contributed by atoms with Crippen LogP contribution in [0.1, 0.15) is 0 Å². The molecule has 0 spiro atoms. The van der Waals surface area contributed by atoms with Crippen molar-refractivity contribution in [3.63, 3.8) is 0 Å². The van der Waals surface area contributed by atoms with Gasteiger partial charge in [0.05, 0.1) is 11.0 Å². The zero-order valence-electron chi connectivity index (χ0n) is 30.8. The van der Waals surface area contributed by atoms with Gasteiger partial charge in [0.1, 0.15) is 0 Å². The molecule has 10 rings (SSSR count). The molecule has 0 saturated carbocycles. The Labute approximate surface area is 327 Å². The van der Waals surface area contributed by atoms with Crippen molar-refractivity contribution in [1.29, 1.82) is 0 Å². The van der Waals surface area contributed by atoms with Gasteiger partial charge >= 0.3 is 0 Å². The van der Waals surface area contributed by atoms with Gasteiger partial charge in [-0.1, -0.05) is 170 Å². The quantitative estimate of drug-likeness (QED) is 0.152. The van der Waals surface area contributed by atoms with E-state index in [-0.39, 0.29) is 0 Å². The third-order valence-electron chi connectivity index (χ3n) is 10.8. The Bertz CT molecular complexity index is 2810. The fourth-order valence-electron chi connectivity index (χ4n) is 7.98. The number of rotatable bonds is 8. The lowest BCUT2D eigenvalue weighted by Gasteiger charge is -2.26. The maximum Gasteiger partial charge on any atom is 0.0547 e. The molecule has 1 aromatic heterocycles. The van der Waals surface area contributed by atoms with Gasteiger partial charge in [-0.3, -0.25) is 0 Å². The van der Waals surface area contributed by atoms with Crippen molar-refractivity contribution in [1.82, 2.24) is 4.57 Å². The molecule has 264 valence electrons. The van der Waals surface area contributed by atoms with Gasteiger partial charge in [0.25, 0.3) is 0 Å². The van der Waals surface area contributed by atoms with Crippen molar-refractivity contribution in [3.05, 3.63) is 231 Å². The van der Waals surface area contributed by atoms with Crippen LogP contribution in [0.25, 0.3) is 72.0 Å². The van der Waals surface area contributed by atoms with Gasteiger partial charge in [-0.15, -0.1) is 0 Å². The van der Waals surface area contributed by atoms with Gasteiger partial charge in [0.2, 0.25) is 0 Å². The summed E-state index contributed by atoms with van der Waals surface area (Å²) in [6.45, 7) is 0. The van der Waals surface area contributed by atoms with Crippen molar-refractivity contribution in [2.75, 3.05) is 4.90 Å². The first kappa shape index (κ1) is 33.2. The normalized spacial score (nSPS) is 11.2. The van der Waals surface area contributed by atoms with Gasteiger partial charge < -0.3 is 9.47 Å². The first-order valence-electron chi connectivity index (χ1n) is 19.2. The maximum absolute atomic E-state index is 2.40. The smallest absolute Gasteiger partial charge is 0.0547 e. The second-order valence-electron chi connectivity index (χ2n) is 14.2. The zero-order chi connectivity index (χ0) is 37.3. The summed E-state index contributed by atoms with van der Waals surface area (Å²) in [5, 5.41) is 2.50. The summed E-state index contributed by atoms with van der Waals surface area (Å²) in [7, 11) is 0. The zero-order valence-corrected chi connectivity index (χ0v) is 30.8. The van der Waals surface area contributed by atoms with E-state index in [1.165, 1.54) is 66.3 Å². The minimum atomic E-state index is 1.10. The molecule has 0 amide bonds. The lowest BCUT2D eigenvalue weighted by Crippen LogP contribution is -2.09. The van der Waals surface area contributed by atoms with Gasteiger partial charge in [-0.05, 0) is 105 Å². The summed E-state index contributed by atoms with van der Waals surface area (Å²) in [6.07, 6.45) is 0. The van der Waals surface area contributed by atoms with Crippen LogP contribution >= 0.6 is 0 Å². The number of fused-ring (bicyclic) bond motifs is 3. The average molecular weight is 715 g/mol. The summed E-state index contributed by atoms with van der Waals surface area (Å²) in [5.74, 6) is 0. The highest BCUT2D eigenvalue weighted by Crippen LogP contribution is 2.39. The van der Waals surface area contributed by atoms with Crippen LogP contribution in [0.4, 0.5) is 17.1 Å². The van der Waals surface area contributed by atoms with Gasteiger partial charge in [0.15, 0.2) is 0 Å². The molecule has 56 heavy (non-hydrogen) atoms. The molecule has 10 aromatic rings. The Hall–Kier alpha value is -7.42. The van der Waals surface area contributed by atoms with Crippen molar-refractivity contribution in [2.24, 2.45) is 0 Å². The Morgan fingerprint density at radius 2 is 0.589 bits per heavy atom. The van der Waals surface area contributed by atoms with E-state index >= 15 is 0 Å². The van der Waals surface area contributed by atoms with Crippen molar-refractivity contribution in [2.45, 2.75) is 0 Å². The van der Waals surface area contributed by atoms with Crippen LogP contribution in [-0.4, -0.2) is 4.57 Å². The number of hydrogen-bond acceptors (Lipinski definition) is 1. The van der Waals surface area contributed by atoms with E-state index in [4.69, 9.17) is 0 Å². The van der Waals surface area contributed by atoms with E-state index in [2.05, 4.69) is 240 Å². The second kappa shape index (κ2) is 14.4. The topological polar surface area (TPSA) is 8.17 Å². The van der Waals surface area contributed by atoms with Crippen LogP contribution in [0.5, 0.6) is 0 Å². The Balaban J connectivity index is 1.03. The molecule has 0 fully saturated rings. The molecule has 0 atom stereocenters. The van der Waals surface area contributed by atoms with Gasteiger partial charge in [-0.25, -0.2) is 0 Å². The van der Waals surface area contributed by atoms with Gasteiger partial charge in [0, 0.05) is 33.5 Å². The molecular formula is C54H38N2. The number of hydrogen-bond donors (Lipinski definition) is 0. The fraction of sp³-hybridized carbons (Fsp3) is 0. The molecule has 0 N–H and O–H groups in total. The molecule has 0 aliphatic carbocycles. The van der Waals surface area contributed by atoms with Crippen LogP contribution in [0, 0.1) is 0 Å². The van der Waals surface area contributed by atoms with Gasteiger partial charge in [-0.2, -0.15) is 0 Å². The van der Waals surface area contributed by atoms with E-state index in [1.807, 2.05) is 0 Å². The highest BCUT2D eigenvalue weighted by atomic mass is 15.1. The highest BCUT2D eigenvalue weighted by molar-refractivity contribution is 6.10. The number of nitrogens with zero attached hydrogens (tertiary/aromatic N) is 2. The molecule has 2 nitrogen and oxygen atoms in total. The molecule has 0 aliphatic rings. The predicted molar refractivity (Wildman–Crippen MR) is 237 cm³/mol. The molecule has 0 bridgehead atoms. The number of aromatic nitrogens is 1. The van der Waals surface area contributed by atoms with E-state index in [1.54, 1.807) is 0 Å². The Kier molecular flexibility index (Phi) is 8.55.